The molecule has 1 atom stereocenters. The average Bonchev–Trinajstić information content (AvgIpc) is 2.41. The molecule has 2 aliphatic carbocycles. The van der Waals surface area contributed by atoms with Gasteiger partial charge in [0, 0.05) is 5.57 Å². The van der Waals surface area contributed by atoms with Crippen molar-refractivity contribution in [3.05, 3.63) is 48.1 Å². The number of aliphatic carboxylic acids is 2. The van der Waals surface area contributed by atoms with E-state index in [9.17, 15) is 9.59 Å². The van der Waals surface area contributed by atoms with Gasteiger partial charge < -0.3 is 10.2 Å². The zero-order valence-corrected chi connectivity index (χ0v) is 10.9. The minimum Gasteiger partial charge on any atom is -0.481 e. The second-order valence-corrected chi connectivity index (χ2v) is 4.69. The lowest BCUT2D eigenvalue weighted by molar-refractivity contribution is -0.145. The second-order valence-electron chi connectivity index (χ2n) is 4.69. The number of carbonyl (C=O) groups is 2. The number of allylic oxidation sites excluding steroid dienone is 6. The van der Waals surface area contributed by atoms with Gasteiger partial charge in [-0.25, -0.2) is 4.79 Å². The maximum Gasteiger partial charge on any atom is 0.331 e. The van der Waals surface area contributed by atoms with Crippen LogP contribution in [-0.4, -0.2) is 22.2 Å². The molecule has 4 heteroatoms. The average molecular weight is 262 g/mol. The van der Waals surface area contributed by atoms with Crippen LogP contribution in [0.15, 0.2) is 48.1 Å². The second kappa shape index (κ2) is 6.73. The van der Waals surface area contributed by atoms with Gasteiger partial charge >= 0.3 is 11.9 Å². The van der Waals surface area contributed by atoms with Gasteiger partial charge in [0.05, 0.1) is 5.41 Å². The van der Waals surface area contributed by atoms with Crippen LogP contribution in [0.1, 0.15) is 26.2 Å². The molecule has 0 aliphatic heterocycles. The van der Waals surface area contributed by atoms with Crippen LogP contribution in [0.2, 0.25) is 0 Å². The summed E-state index contributed by atoms with van der Waals surface area (Å²) in [5.74, 6) is -2.06. The molecule has 0 spiro atoms. The van der Waals surface area contributed by atoms with Crippen LogP contribution in [0.4, 0.5) is 0 Å². The first kappa shape index (κ1) is 15.0. The highest BCUT2D eigenvalue weighted by Gasteiger charge is 2.34. The third kappa shape index (κ3) is 4.58. The molecule has 0 heterocycles. The molecule has 0 aromatic rings. The Morgan fingerprint density at radius 3 is 2.05 bits per heavy atom. The molecule has 0 fully saturated rings. The highest BCUT2D eigenvalue weighted by atomic mass is 16.4. The summed E-state index contributed by atoms with van der Waals surface area (Å²) in [7, 11) is 0. The molecule has 102 valence electrons. The minimum atomic E-state index is -1.08. The summed E-state index contributed by atoms with van der Waals surface area (Å²) in [4.78, 5) is 21.3. The van der Waals surface area contributed by atoms with E-state index in [1.165, 1.54) is 38.0 Å². The lowest BCUT2D eigenvalue weighted by Gasteiger charge is -2.23. The van der Waals surface area contributed by atoms with E-state index in [0.29, 0.717) is 0 Å². The number of hydrogen-bond donors (Lipinski definition) is 2. The van der Waals surface area contributed by atoms with E-state index in [4.69, 9.17) is 10.2 Å². The number of carboxylic acid groups (broad SMARTS) is 2. The molecule has 0 saturated heterocycles. The predicted octanol–water partition coefficient (Wildman–Crippen LogP) is 2.94. The fourth-order valence-corrected chi connectivity index (χ4v) is 1.73. The van der Waals surface area contributed by atoms with Gasteiger partial charge in [-0.1, -0.05) is 42.5 Å². The van der Waals surface area contributed by atoms with Gasteiger partial charge in [0.15, 0.2) is 0 Å². The Morgan fingerprint density at radius 1 is 1.11 bits per heavy atom. The molecular weight excluding hydrogens is 244 g/mol. The van der Waals surface area contributed by atoms with E-state index >= 15 is 0 Å². The molecule has 19 heavy (non-hydrogen) atoms. The van der Waals surface area contributed by atoms with Gasteiger partial charge in [-0.05, 0) is 26.2 Å². The summed E-state index contributed by atoms with van der Waals surface area (Å²) in [6, 6.07) is 0. The molecule has 0 aromatic carbocycles. The Labute approximate surface area is 112 Å². The lowest BCUT2D eigenvalue weighted by atomic mass is 9.80. The molecule has 0 aromatic heterocycles. The van der Waals surface area contributed by atoms with Crippen molar-refractivity contribution in [2.75, 3.05) is 0 Å². The zero-order valence-electron chi connectivity index (χ0n) is 10.9. The molecule has 4 nitrogen and oxygen atoms in total. The van der Waals surface area contributed by atoms with Crippen LogP contribution in [0, 0.1) is 5.41 Å². The Balaban J connectivity index is 0.000000250. The molecule has 0 saturated carbocycles. The lowest BCUT2D eigenvalue weighted by Crippen LogP contribution is -2.28. The van der Waals surface area contributed by atoms with E-state index in [-0.39, 0.29) is 12.0 Å². The van der Waals surface area contributed by atoms with Crippen molar-refractivity contribution >= 4 is 11.9 Å². The summed E-state index contributed by atoms with van der Waals surface area (Å²) in [6.45, 7) is 1.50. The fourth-order valence-electron chi connectivity index (χ4n) is 1.73. The zero-order chi connectivity index (χ0) is 14.3. The fraction of sp³-hybridized carbons (Fsp3) is 0.333. The third-order valence-corrected chi connectivity index (χ3v) is 2.97. The van der Waals surface area contributed by atoms with Crippen molar-refractivity contribution in [1.82, 2.24) is 0 Å². The Morgan fingerprint density at radius 2 is 1.68 bits per heavy atom. The molecule has 2 N–H and O–H groups in total. The van der Waals surface area contributed by atoms with Gasteiger partial charge in [-0.15, -0.1) is 0 Å². The van der Waals surface area contributed by atoms with Crippen LogP contribution < -0.4 is 0 Å². The van der Waals surface area contributed by atoms with Crippen LogP contribution in [0.5, 0.6) is 0 Å². The topological polar surface area (TPSA) is 74.6 Å². The van der Waals surface area contributed by atoms with E-state index in [2.05, 4.69) is 24.3 Å². The van der Waals surface area contributed by atoms with Gasteiger partial charge in [0.2, 0.25) is 0 Å². The van der Waals surface area contributed by atoms with Crippen LogP contribution in [-0.2, 0) is 9.59 Å². The molecular formula is C15H18O4. The smallest absolute Gasteiger partial charge is 0.331 e. The minimum absolute atomic E-state index is 0.0359. The van der Waals surface area contributed by atoms with Gasteiger partial charge in [0.1, 0.15) is 0 Å². The highest BCUT2D eigenvalue weighted by Crippen LogP contribution is 2.31. The Hall–Kier alpha value is -2.10. The summed E-state index contributed by atoms with van der Waals surface area (Å²) in [6.07, 6.45) is 15.4. The SMILES string of the molecule is C1=CCCC=C1.CC1(C(=O)O)C=CC=C(C(=O)O)C1. The monoisotopic (exact) mass is 262 g/mol. The normalized spacial score (nSPS) is 24.2. The standard InChI is InChI=1S/C9H10O4.C6H8/c1-9(8(12)13)4-2-3-6(5-9)7(10)11;1-2-4-6-5-3-1/h2-4H,5H2,1H3,(H,10,11)(H,12,13);1-4H,5-6H2. The van der Waals surface area contributed by atoms with E-state index < -0.39 is 17.4 Å². The predicted molar refractivity (Wildman–Crippen MR) is 72.7 cm³/mol. The van der Waals surface area contributed by atoms with Crippen molar-refractivity contribution in [3.63, 3.8) is 0 Å². The molecule has 0 bridgehead atoms. The van der Waals surface area contributed by atoms with E-state index in [0.717, 1.165) is 0 Å². The number of hydrogen-bond acceptors (Lipinski definition) is 2. The van der Waals surface area contributed by atoms with Crippen LogP contribution in [0.3, 0.4) is 0 Å². The summed E-state index contributed by atoms with van der Waals surface area (Å²) >= 11 is 0. The summed E-state index contributed by atoms with van der Waals surface area (Å²) in [5, 5.41) is 17.5. The Kier molecular flexibility index (Phi) is 5.30. The number of rotatable bonds is 2. The highest BCUT2D eigenvalue weighted by molar-refractivity contribution is 5.90. The molecule has 0 amide bonds. The summed E-state index contributed by atoms with van der Waals surface area (Å²) in [5.41, 5.74) is -0.949. The van der Waals surface area contributed by atoms with Crippen molar-refractivity contribution in [1.29, 1.82) is 0 Å². The van der Waals surface area contributed by atoms with Crippen molar-refractivity contribution in [3.8, 4) is 0 Å². The first-order chi connectivity index (χ1) is 8.96. The van der Waals surface area contributed by atoms with E-state index in [1.807, 2.05) is 0 Å². The molecule has 0 radical (unpaired) electrons. The van der Waals surface area contributed by atoms with Crippen molar-refractivity contribution in [2.24, 2.45) is 5.41 Å². The van der Waals surface area contributed by atoms with Gasteiger partial charge in [-0.2, -0.15) is 0 Å². The third-order valence-electron chi connectivity index (χ3n) is 2.97. The maximum absolute atomic E-state index is 10.8. The van der Waals surface area contributed by atoms with Crippen molar-refractivity contribution < 1.29 is 19.8 Å². The number of carboxylic acids is 2. The van der Waals surface area contributed by atoms with Gasteiger partial charge in [0.25, 0.3) is 0 Å². The first-order valence-corrected chi connectivity index (χ1v) is 6.12. The quantitative estimate of drug-likeness (QED) is 0.802. The van der Waals surface area contributed by atoms with Crippen molar-refractivity contribution in [2.45, 2.75) is 26.2 Å². The van der Waals surface area contributed by atoms with Crippen LogP contribution in [0.25, 0.3) is 0 Å². The van der Waals surface area contributed by atoms with Crippen LogP contribution >= 0.6 is 0 Å². The van der Waals surface area contributed by atoms with Gasteiger partial charge in [-0.3, -0.25) is 4.79 Å². The molecule has 2 rings (SSSR count). The van der Waals surface area contributed by atoms with E-state index in [1.54, 1.807) is 0 Å². The Bertz CT molecular complexity index is 457. The molecule has 2 aliphatic rings. The molecule has 1 unspecified atom stereocenters. The first-order valence-electron chi connectivity index (χ1n) is 6.12. The maximum atomic E-state index is 10.8. The largest absolute Gasteiger partial charge is 0.481 e. The summed E-state index contributed by atoms with van der Waals surface area (Å²) < 4.78 is 0.